The van der Waals surface area contributed by atoms with E-state index in [9.17, 15) is 14.4 Å². The number of carbonyl (C=O) groups excluding carboxylic acids is 3. The van der Waals surface area contributed by atoms with Gasteiger partial charge in [-0.1, -0.05) is 0 Å². The lowest BCUT2D eigenvalue weighted by Gasteiger charge is -2.27. The predicted octanol–water partition coefficient (Wildman–Crippen LogP) is -1.25. The van der Waals surface area contributed by atoms with Crippen molar-refractivity contribution < 1.29 is 34.1 Å². The highest BCUT2D eigenvalue weighted by molar-refractivity contribution is 5.92. The number of aliphatic hydroxyl groups is 2. The van der Waals surface area contributed by atoms with Gasteiger partial charge in [0.25, 0.3) is 0 Å². The molecule has 92 valence electrons. The highest BCUT2D eigenvalue weighted by Gasteiger charge is 2.43. The van der Waals surface area contributed by atoms with E-state index in [-0.39, 0.29) is 0 Å². The van der Waals surface area contributed by atoms with E-state index in [4.69, 9.17) is 10.2 Å². The summed E-state index contributed by atoms with van der Waals surface area (Å²) in [7, 11) is 0. The number of carbonyl (C=O) groups is 3. The van der Waals surface area contributed by atoms with Crippen LogP contribution in [-0.4, -0.2) is 46.4 Å². The lowest BCUT2D eigenvalue weighted by Crippen LogP contribution is -2.50. The first-order valence-corrected chi connectivity index (χ1v) is 4.45. The van der Waals surface area contributed by atoms with Gasteiger partial charge in [0.05, 0.1) is 6.61 Å². The molecule has 7 heteroatoms. The van der Waals surface area contributed by atoms with E-state index >= 15 is 0 Å². The molecule has 0 saturated heterocycles. The molecule has 1 atom stereocenters. The van der Waals surface area contributed by atoms with Crippen molar-refractivity contribution in [3.63, 3.8) is 0 Å². The Kier molecular flexibility index (Phi) is 5.06. The molecule has 0 bridgehead atoms. The second-order valence-electron chi connectivity index (χ2n) is 3.20. The summed E-state index contributed by atoms with van der Waals surface area (Å²) in [5.41, 5.74) is 0. The second-order valence-corrected chi connectivity index (χ2v) is 3.20. The maximum absolute atomic E-state index is 11.5. The van der Waals surface area contributed by atoms with Crippen molar-refractivity contribution in [3.05, 3.63) is 0 Å². The molecule has 0 aliphatic rings. The first-order valence-electron chi connectivity index (χ1n) is 4.45. The van der Waals surface area contributed by atoms with Crippen LogP contribution in [-0.2, 0) is 23.9 Å². The van der Waals surface area contributed by atoms with E-state index in [1.54, 1.807) is 0 Å². The van der Waals surface area contributed by atoms with Gasteiger partial charge in [-0.3, -0.25) is 14.4 Å². The van der Waals surface area contributed by atoms with Crippen LogP contribution in [0.3, 0.4) is 0 Å². The lowest BCUT2D eigenvalue weighted by atomic mass is 10.1. The van der Waals surface area contributed by atoms with Crippen molar-refractivity contribution in [2.45, 2.75) is 32.7 Å². The molecule has 1 unspecified atom stereocenters. The molecule has 0 aliphatic heterocycles. The summed E-state index contributed by atoms with van der Waals surface area (Å²) in [6.07, 6.45) is -1.79. The molecule has 0 aromatic heterocycles. The van der Waals surface area contributed by atoms with Crippen LogP contribution in [0.15, 0.2) is 0 Å². The molecule has 0 aliphatic carbocycles. The first kappa shape index (κ1) is 14.5. The van der Waals surface area contributed by atoms with Crippen LogP contribution in [0.25, 0.3) is 0 Å². The van der Waals surface area contributed by atoms with Crippen LogP contribution in [0.2, 0.25) is 0 Å². The third-order valence-electron chi connectivity index (χ3n) is 1.60. The average Bonchev–Trinajstić information content (AvgIpc) is 2.12. The van der Waals surface area contributed by atoms with Gasteiger partial charge in [-0.2, -0.15) is 0 Å². The maximum atomic E-state index is 11.5. The molecule has 0 aromatic rings. The summed E-state index contributed by atoms with van der Waals surface area (Å²) in [5.74, 6) is -5.05. The Morgan fingerprint density at radius 2 is 1.56 bits per heavy atom. The largest absolute Gasteiger partial charge is 0.415 e. The van der Waals surface area contributed by atoms with Crippen molar-refractivity contribution in [2.75, 3.05) is 6.61 Å². The predicted molar refractivity (Wildman–Crippen MR) is 50.0 cm³/mol. The van der Waals surface area contributed by atoms with Gasteiger partial charge in [0.15, 0.2) is 0 Å². The molecule has 7 nitrogen and oxygen atoms in total. The van der Waals surface area contributed by atoms with Crippen molar-refractivity contribution in [1.29, 1.82) is 0 Å². The van der Waals surface area contributed by atoms with Gasteiger partial charge < -0.3 is 19.7 Å². The van der Waals surface area contributed by atoms with Crippen LogP contribution in [0.5, 0.6) is 0 Å². The number of hydrogen-bond donors (Lipinski definition) is 2. The van der Waals surface area contributed by atoms with Crippen molar-refractivity contribution >= 4 is 17.7 Å². The molecule has 0 heterocycles. The summed E-state index contributed by atoms with van der Waals surface area (Å²) in [4.78, 5) is 33.0. The Bertz CT molecular complexity index is 280. The molecule has 0 saturated carbocycles. The molecular weight excluding hydrogens is 220 g/mol. The monoisotopic (exact) mass is 234 g/mol. The van der Waals surface area contributed by atoms with Crippen LogP contribution in [0.1, 0.15) is 20.8 Å². The Balaban J connectivity index is 4.97. The molecular formula is C9H14O7. The molecule has 2 N–H and O–H groups in total. The number of aliphatic hydroxyl groups excluding tert-OH is 2. The molecule has 0 aromatic carbocycles. The van der Waals surface area contributed by atoms with Crippen molar-refractivity contribution in [2.24, 2.45) is 0 Å². The summed E-state index contributed by atoms with van der Waals surface area (Å²) in [6, 6.07) is 0. The van der Waals surface area contributed by atoms with Crippen molar-refractivity contribution in [3.8, 4) is 0 Å². The SMILES string of the molecule is CC(=O)OC(C)(OC(C)=O)C(=O)C(O)CO. The number of Topliss-reactive ketones (excluding diaryl/α,β-unsaturated/α-hetero) is 1. The van der Waals surface area contributed by atoms with Crippen molar-refractivity contribution in [1.82, 2.24) is 0 Å². The Morgan fingerprint density at radius 3 is 1.81 bits per heavy atom. The minimum absolute atomic E-state index is 0.859. The van der Waals surface area contributed by atoms with Crippen LogP contribution in [0.4, 0.5) is 0 Å². The maximum Gasteiger partial charge on any atom is 0.316 e. The number of ketones is 1. The molecule has 0 spiro atoms. The molecule has 0 rings (SSSR count). The zero-order valence-corrected chi connectivity index (χ0v) is 9.22. The fourth-order valence-electron chi connectivity index (χ4n) is 1.06. The number of esters is 2. The third-order valence-corrected chi connectivity index (χ3v) is 1.60. The van der Waals surface area contributed by atoms with Gasteiger partial charge >= 0.3 is 17.7 Å². The Labute approximate surface area is 92.0 Å². The van der Waals surface area contributed by atoms with Gasteiger partial charge in [-0.05, 0) is 0 Å². The lowest BCUT2D eigenvalue weighted by molar-refractivity contribution is -0.222. The normalized spacial score (nSPS) is 12.8. The quantitative estimate of drug-likeness (QED) is 0.451. The van der Waals surface area contributed by atoms with E-state index in [2.05, 4.69) is 9.47 Å². The molecule has 16 heavy (non-hydrogen) atoms. The van der Waals surface area contributed by atoms with E-state index in [0.717, 1.165) is 20.8 Å². The zero-order chi connectivity index (χ0) is 12.9. The van der Waals surface area contributed by atoms with Gasteiger partial charge in [-0.15, -0.1) is 0 Å². The molecule has 0 amide bonds. The van der Waals surface area contributed by atoms with E-state index < -0.39 is 36.2 Å². The van der Waals surface area contributed by atoms with E-state index in [1.807, 2.05) is 0 Å². The summed E-state index contributed by atoms with van der Waals surface area (Å²) in [5, 5.41) is 17.7. The van der Waals surface area contributed by atoms with Crippen LogP contribution in [0, 0.1) is 0 Å². The smallest absolute Gasteiger partial charge is 0.316 e. The average molecular weight is 234 g/mol. The minimum atomic E-state index is -2.22. The van der Waals surface area contributed by atoms with Gasteiger partial charge in [-0.25, -0.2) is 0 Å². The standard InChI is InChI=1S/C9H14O7/c1-5(11)15-9(3,16-6(2)12)8(14)7(13)4-10/h7,10,13H,4H2,1-3H3. The van der Waals surface area contributed by atoms with Crippen LogP contribution < -0.4 is 0 Å². The molecule has 0 fully saturated rings. The summed E-state index contributed by atoms with van der Waals surface area (Å²) >= 11 is 0. The number of rotatable bonds is 5. The fourth-order valence-corrected chi connectivity index (χ4v) is 1.06. The van der Waals surface area contributed by atoms with Gasteiger partial charge in [0.2, 0.25) is 5.78 Å². The minimum Gasteiger partial charge on any atom is -0.415 e. The van der Waals surface area contributed by atoms with E-state index in [1.165, 1.54) is 0 Å². The highest BCUT2D eigenvalue weighted by Crippen LogP contribution is 2.17. The Morgan fingerprint density at radius 1 is 1.19 bits per heavy atom. The third kappa shape index (κ3) is 3.95. The Hall–Kier alpha value is -1.47. The number of hydrogen-bond acceptors (Lipinski definition) is 7. The topological polar surface area (TPSA) is 110 Å². The highest BCUT2D eigenvalue weighted by atomic mass is 16.7. The molecule has 0 radical (unpaired) electrons. The van der Waals surface area contributed by atoms with Gasteiger partial charge in [0.1, 0.15) is 6.10 Å². The number of ether oxygens (including phenoxy) is 2. The van der Waals surface area contributed by atoms with E-state index in [0.29, 0.717) is 0 Å². The summed E-state index contributed by atoms with van der Waals surface area (Å²) < 4.78 is 9.06. The van der Waals surface area contributed by atoms with Crippen LogP contribution >= 0.6 is 0 Å². The fraction of sp³-hybridized carbons (Fsp3) is 0.667. The summed E-state index contributed by atoms with van der Waals surface area (Å²) in [6.45, 7) is 2.18. The first-order chi connectivity index (χ1) is 7.23. The zero-order valence-electron chi connectivity index (χ0n) is 9.22. The second kappa shape index (κ2) is 5.57. The van der Waals surface area contributed by atoms with Gasteiger partial charge in [0, 0.05) is 20.8 Å².